The lowest BCUT2D eigenvalue weighted by molar-refractivity contribution is -0.739. The van der Waals surface area contributed by atoms with Crippen LogP contribution in [0.5, 0.6) is 5.75 Å². The maximum absolute atomic E-state index is 11.4. The van der Waals surface area contributed by atoms with E-state index in [-0.39, 0.29) is 5.97 Å². The number of hydrogen-bond donors (Lipinski definition) is 1. The van der Waals surface area contributed by atoms with Gasteiger partial charge in [-0.1, -0.05) is 5.10 Å². The van der Waals surface area contributed by atoms with Crippen LogP contribution in [-0.2, 0) is 16.1 Å². The van der Waals surface area contributed by atoms with Crippen molar-refractivity contribution in [3.63, 3.8) is 0 Å². The van der Waals surface area contributed by atoms with E-state index in [0.29, 0.717) is 31.8 Å². The van der Waals surface area contributed by atoms with Gasteiger partial charge in [-0.25, -0.2) is 0 Å². The summed E-state index contributed by atoms with van der Waals surface area (Å²) in [6, 6.07) is 11.4. The van der Waals surface area contributed by atoms with Crippen LogP contribution in [0.2, 0.25) is 0 Å². The van der Waals surface area contributed by atoms with Gasteiger partial charge in [-0.2, -0.15) is 0 Å². The predicted molar refractivity (Wildman–Crippen MR) is 86.7 cm³/mol. The van der Waals surface area contributed by atoms with Crippen LogP contribution in [0.25, 0.3) is 11.3 Å². The summed E-state index contributed by atoms with van der Waals surface area (Å²) in [6.07, 6.45) is 0.988. The number of aromatic nitrogens is 2. The van der Waals surface area contributed by atoms with Crippen molar-refractivity contribution < 1.29 is 19.0 Å². The topological polar surface area (TPSA) is 78.3 Å². The minimum Gasteiger partial charge on any atom is -0.497 e. The van der Waals surface area contributed by atoms with Gasteiger partial charge in [0.25, 0.3) is 5.82 Å². The summed E-state index contributed by atoms with van der Waals surface area (Å²) in [7, 11) is 1.63. The number of rotatable bonds is 7. The summed E-state index contributed by atoms with van der Waals surface area (Å²) in [6.45, 7) is 2.76. The zero-order valence-corrected chi connectivity index (χ0v) is 13.5. The van der Waals surface area contributed by atoms with Crippen LogP contribution in [0.4, 0.5) is 5.82 Å². The van der Waals surface area contributed by atoms with Crippen LogP contribution in [0.1, 0.15) is 19.8 Å². The minimum absolute atomic E-state index is 0.196. The zero-order chi connectivity index (χ0) is 16.7. The number of nitrogens with zero attached hydrogens (tertiary/aromatic N) is 2. The Labute approximate surface area is 135 Å². The zero-order valence-electron chi connectivity index (χ0n) is 13.5. The number of nitrogen functional groups attached to an aromatic ring is 1. The molecule has 122 valence electrons. The molecule has 1 aromatic heterocycles. The number of methoxy groups -OCH3 is 1. The van der Waals surface area contributed by atoms with Crippen LogP contribution in [-0.4, -0.2) is 24.8 Å². The fourth-order valence-corrected chi connectivity index (χ4v) is 2.17. The summed E-state index contributed by atoms with van der Waals surface area (Å²) >= 11 is 0. The average molecular weight is 316 g/mol. The van der Waals surface area contributed by atoms with E-state index in [1.165, 1.54) is 0 Å². The molecule has 2 rings (SSSR count). The third kappa shape index (κ3) is 4.67. The molecule has 6 heteroatoms. The molecule has 2 aromatic rings. The van der Waals surface area contributed by atoms with E-state index >= 15 is 0 Å². The van der Waals surface area contributed by atoms with Gasteiger partial charge in [-0.3, -0.25) is 10.5 Å². The maximum atomic E-state index is 11.4. The molecule has 1 heterocycles. The highest BCUT2D eigenvalue weighted by Crippen LogP contribution is 2.19. The molecule has 0 radical (unpaired) electrons. The second-order valence-corrected chi connectivity index (χ2v) is 5.00. The first-order valence-electron chi connectivity index (χ1n) is 7.60. The molecular formula is C17H22N3O3+. The predicted octanol–water partition coefficient (Wildman–Crippen LogP) is 1.97. The molecular weight excluding hydrogens is 294 g/mol. The Morgan fingerprint density at radius 1 is 1.22 bits per heavy atom. The van der Waals surface area contributed by atoms with Crippen molar-refractivity contribution in [3.8, 4) is 17.0 Å². The molecule has 23 heavy (non-hydrogen) atoms. The monoisotopic (exact) mass is 316 g/mol. The van der Waals surface area contributed by atoms with Crippen LogP contribution in [0.15, 0.2) is 36.4 Å². The van der Waals surface area contributed by atoms with Gasteiger partial charge in [-0.05, 0) is 43.7 Å². The molecule has 0 saturated heterocycles. The number of ether oxygens (including phenoxy) is 2. The number of esters is 1. The molecule has 0 amide bonds. The first-order chi connectivity index (χ1) is 11.1. The molecule has 6 nitrogen and oxygen atoms in total. The van der Waals surface area contributed by atoms with Crippen molar-refractivity contribution in [1.29, 1.82) is 0 Å². The van der Waals surface area contributed by atoms with Gasteiger partial charge >= 0.3 is 5.97 Å². The molecule has 0 aliphatic rings. The highest BCUT2D eigenvalue weighted by molar-refractivity contribution is 5.69. The summed E-state index contributed by atoms with van der Waals surface area (Å²) in [5, 5.41) is 4.54. The highest BCUT2D eigenvalue weighted by Gasteiger charge is 2.11. The molecule has 0 atom stereocenters. The molecule has 0 unspecified atom stereocenters. The molecule has 0 bridgehead atoms. The third-order valence-corrected chi connectivity index (χ3v) is 3.38. The van der Waals surface area contributed by atoms with Crippen LogP contribution < -0.4 is 15.2 Å². The number of benzene rings is 1. The SMILES string of the molecule is CCOC(=O)CCC[n+]1nc(-c2ccc(OC)cc2)ccc1N. The smallest absolute Gasteiger partial charge is 0.305 e. The fraction of sp³-hybridized carbons (Fsp3) is 0.353. The number of anilines is 1. The largest absolute Gasteiger partial charge is 0.497 e. The summed E-state index contributed by atoms with van der Waals surface area (Å²) in [5.74, 6) is 1.16. The molecule has 0 spiro atoms. The van der Waals surface area contributed by atoms with E-state index in [2.05, 4.69) is 5.10 Å². The quantitative estimate of drug-likeness (QED) is 0.624. The van der Waals surface area contributed by atoms with Crippen molar-refractivity contribution in [2.24, 2.45) is 0 Å². The number of nitrogens with two attached hydrogens (primary N) is 1. The van der Waals surface area contributed by atoms with Gasteiger partial charge < -0.3 is 9.47 Å². The van der Waals surface area contributed by atoms with E-state index in [1.54, 1.807) is 18.7 Å². The molecule has 1 aromatic carbocycles. The Morgan fingerprint density at radius 2 is 1.96 bits per heavy atom. The summed E-state index contributed by atoms with van der Waals surface area (Å²) < 4.78 is 11.8. The normalized spacial score (nSPS) is 10.3. The van der Waals surface area contributed by atoms with Crippen molar-refractivity contribution in [3.05, 3.63) is 36.4 Å². The first kappa shape index (κ1) is 16.7. The fourth-order valence-electron chi connectivity index (χ4n) is 2.17. The standard InChI is InChI=1S/C17H21N3O3/c1-3-23-17(21)5-4-12-20-16(18)11-10-15(19-20)13-6-8-14(22-2)9-7-13/h6-11,18H,3-5,12H2,1-2H3/p+1. The Kier molecular flexibility index (Phi) is 5.91. The Balaban J connectivity index is 2.07. The lowest BCUT2D eigenvalue weighted by Gasteiger charge is -2.06. The van der Waals surface area contributed by atoms with Crippen LogP contribution >= 0.6 is 0 Å². The van der Waals surface area contributed by atoms with E-state index in [1.807, 2.05) is 36.4 Å². The second-order valence-electron chi connectivity index (χ2n) is 5.00. The van der Waals surface area contributed by atoms with Gasteiger partial charge in [-0.15, -0.1) is 4.68 Å². The van der Waals surface area contributed by atoms with E-state index in [0.717, 1.165) is 17.0 Å². The lowest BCUT2D eigenvalue weighted by atomic mass is 10.1. The van der Waals surface area contributed by atoms with E-state index < -0.39 is 0 Å². The van der Waals surface area contributed by atoms with Crippen molar-refractivity contribution in [2.45, 2.75) is 26.3 Å². The Hall–Kier alpha value is -2.63. The summed E-state index contributed by atoms with van der Waals surface area (Å²) in [5.41, 5.74) is 7.75. The average Bonchev–Trinajstić information content (AvgIpc) is 2.57. The van der Waals surface area contributed by atoms with Gasteiger partial charge in [0.15, 0.2) is 0 Å². The Bertz CT molecular complexity index is 657. The van der Waals surface area contributed by atoms with Crippen molar-refractivity contribution in [2.75, 3.05) is 19.5 Å². The van der Waals surface area contributed by atoms with Gasteiger partial charge in [0.1, 0.15) is 18.0 Å². The van der Waals surface area contributed by atoms with E-state index in [4.69, 9.17) is 15.2 Å². The van der Waals surface area contributed by atoms with E-state index in [9.17, 15) is 4.79 Å². The van der Waals surface area contributed by atoms with Crippen LogP contribution in [0.3, 0.4) is 0 Å². The summed E-state index contributed by atoms with van der Waals surface area (Å²) in [4.78, 5) is 11.4. The Morgan fingerprint density at radius 3 is 2.61 bits per heavy atom. The molecule has 2 N–H and O–H groups in total. The third-order valence-electron chi connectivity index (χ3n) is 3.38. The minimum atomic E-state index is -0.196. The lowest BCUT2D eigenvalue weighted by Crippen LogP contribution is -2.41. The van der Waals surface area contributed by atoms with Gasteiger partial charge in [0.2, 0.25) is 0 Å². The van der Waals surface area contributed by atoms with Crippen molar-refractivity contribution >= 4 is 11.8 Å². The maximum Gasteiger partial charge on any atom is 0.305 e. The van der Waals surface area contributed by atoms with Gasteiger partial charge in [0.05, 0.1) is 13.7 Å². The number of hydrogen-bond acceptors (Lipinski definition) is 5. The number of carbonyl (C=O) groups is 1. The molecule has 0 aliphatic carbocycles. The molecule has 0 fully saturated rings. The first-order valence-corrected chi connectivity index (χ1v) is 7.60. The molecule has 0 saturated carbocycles. The van der Waals surface area contributed by atoms with Gasteiger partial charge in [0, 0.05) is 18.1 Å². The second kappa shape index (κ2) is 8.12. The number of carbonyl (C=O) groups excluding carboxylic acids is 1. The molecule has 0 aliphatic heterocycles. The number of aryl methyl sites for hydroxylation is 1. The van der Waals surface area contributed by atoms with Crippen molar-refractivity contribution in [1.82, 2.24) is 5.10 Å². The highest BCUT2D eigenvalue weighted by atomic mass is 16.5. The van der Waals surface area contributed by atoms with Crippen LogP contribution in [0, 0.1) is 0 Å².